The highest BCUT2D eigenvalue weighted by Gasteiger charge is 1.93. The molecule has 0 amide bonds. The lowest BCUT2D eigenvalue weighted by molar-refractivity contribution is 0.125. The summed E-state index contributed by atoms with van der Waals surface area (Å²) in [5, 5.41) is 0. The fourth-order valence-electron chi connectivity index (χ4n) is 2.10. The summed E-state index contributed by atoms with van der Waals surface area (Å²) in [7, 11) is 0. The Balaban J connectivity index is 2.86. The molecule has 0 aliphatic carbocycles. The fourth-order valence-corrected chi connectivity index (χ4v) is 2.10. The zero-order chi connectivity index (χ0) is 13.3. The molecule has 0 aliphatic heterocycles. The molecule has 0 aromatic carbocycles. The summed E-state index contributed by atoms with van der Waals surface area (Å²) in [5.74, 6) is 0. The molecule has 0 N–H and O–H groups in total. The van der Waals surface area contributed by atoms with Gasteiger partial charge in [0, 0.05) is 13.2 Å². The second-order valence-corrected chi connectivity index (χ2v) is 5.21. The predicted octanol–water partition coefficient (Wildman–Crippen LogP) is 5.74. The Morgan fingerprint density at radius 1 is 0.444 bits per heavy atom. The predicted molar refractivity (Wildman–Crippen MR) is 81.6 cm³/mol. The normalized spacial score (nSPS) is 11.0. The Labute approximate surface area is 116 Å². The minimum Gasteiger partial charge on any atom is -0.381 e. The first-order valence-corrected chi connectivity index (χ1v) is 8.08. The van der Waals surface area contributed by atoms with Crippen molar-refractivity contribution in [3.63, 3.8) is 0 Å². The summed E-state index contributed by atoms with van der Waals surface area (Å²) in [6.45, 7) is 9.64. The van der Waals surface area contributed by atoms with E-state index in [9.17, 15) is 0 Å². The van der Waals surface area contributed by atoms with Gasteiger partial charge in [0.2, 0.25) is 0 Å². The highest BCUT2D eigenvalue weighted by molar-refractivity contribution is 4.48. The molecule has 0 unspecified atom stereocenters. The Kier molecular flexibility index (Phi) is 16.9. The largest absolute Gasteiger partial charge is 0.381 e. The topological polar surface area (TPSA) is 9.23 Å². The Bertz CT molecular complexity index is 118. The van der Waals surface area contributed by atoms with Gasteiger partial charge in [-0.05, 0) is 12.8 Å². The smallest absolute Gasteiger partial charge is 0.0466 e. The van der Waals surface area contributed by atoms with Gasteiger partial charge in [-0.1, -0.05) is 84.5 Å². The van der Waals surface area contributed by atoms with Crippen LogP contribution in [0.2, 0.25) is 0 Å². The molecule has 108 valence electrons. The molecule has 0 rings (SSSR count). The minimum atomic E-state index is 0.959. The van der Waals surface area contributed by atoms with Gasteiger partial charge in [0.25, 0.3) is 0 Å². The van der Waals surface area contributed by atoms with E-state index in [2.05, 4.69) is 13.8 Å². The van der Waals surface area contributed by atoms with Crippen molar-refractivity contribution in [1.82, 2.24) is 0 Å². The van der Waals surface area contributed by atoms with E-state index in [-0.39, 0.29) is 0 Å². The summed E-state index contributed by atoms with van der Waals surface area (Å²) in [6.07, 6.45) is 16.7. The molecule has 0 heterocycles. The summed E-state index contributed by atoms with van der Waals surface area (Å²) in [5.41, 5.74) is 0. The van der Waals surface area contributed by atoms with Crippen molar-refractivity contribution in [1.29, 1.82) is 0 Å². The van der Waals surface area contributed by atoms with Crippen molar-refractivity contribution in [2.45, 2.75) is 83.5 Å². The van der Waals surface area contributed by atoms with Gasteiger partial charge in [0.15, 0.2) is 0 Å². The zero-order valence-electron chi connectivity index (χ0n) is 12.4. The highest BCUT2D eigenvalue weighted by Crippen LogP contribution is 2.08. The van der Waals surface area contributed by atoms with E-state index < -0.39 is 0 Å². The van der Waals surface area contributed by atoms with Crippen molar-refractivity contribution >= 4 is 0 Å². The Hall–Kier alpha value is -0.0400. The number of unbranched alkanes of at least 4 members (excludes halogenated alkanes) is 11. The second-order valence-electron chi connectivity index (χ2n) is 5.21. The average molecular weight is 254 g/mol. The first-order chi connectivity index (χ1) is 8.91. The molecule has 1 nitrogen and oxygen atoms in total. The first-order valence-electron chi connectivity index (χ1n) is 8.08. The van der Waals surface area contributed by atoms with Gasteiger partial charge in [-0.15, -0.1) is 0 Å². The van der Waals surface area contributed by atoms with E-state index in [0.29, 0.717) is 0 Å². The van der Waals surface area contributed by atoms with Gasteiger partial charge in [-0.2, -0.15) is 0 Å². The van der Waals surface area contributed by atoms with Crippen LogP contribution in [0, 0.1) is 13.8 Å². The minimum absolute atomic E-state index is 0.959. The van der Waals surface area contributed by atoms with Crippen LogP contribution < -0.4 is 0 Å². The second kappa shape index (κ2) is 17.0. The van der Waals surface area contributed by atoms with Crippen molar-refractivity contribution in [3.8, 4) is 0 Å². The highest BCUT2D eigenvalue weighted by atomic mass is 16.5. The molecule has 0 aromatic heterocycles. The van der Waals surface area contributed by atoms with E-state index in [4.69, 9.17) is 4.74 Å². The molecule has 0 spiro atoms. The van der Waals surface area contributed by atoms with Gasteiger partial charge in [-0.3, -0.25) is 0 Å². The molecule has 0 aromatic rings. The van der Waals surface area contributed by atoms with Gasteiger partial charge in [0.05, 0.1) is 0 Å². The molecule has 0 saturated carbocycles. The van der Waals surface area contributed by atoms with Gasteiger partial charge in [-0.25, -0.2) is 0 Å². The Morgan fingerprint density at radius 2 is 0.778 bits per heavy atom. The Morgan fingerprint density at radius 3 is 1.17 bits per heavy atom. The maximum Gasteiger partial charge on any atom is 0.0466 e. The van der Waals surface area contributed by atoms with Crippen molar-refractivity contribution < 1.29 is 4.74 Å². The maximum absolute atomic E-state index is 5.64. The molecule has 0 atom stereocenters. The number of rotatable bonds is 15. The van der Waals surface area contributed by atoms with Crippen LogP contribution in [-0.4, -0.2) is 13.2 Å². The van der Waals surface area contributed by atoms with Crippen LogP contribution in [0.25, 0.3) is 0 Å². The van der Waals surface area contributed by atoms with Crippen LogP contribution in [0.4, 0.5) is 0 Å². The quantitative estimate of drug-likeness (QED) is 0.338. The van der Waals surface area contributed by atoms with E-state index >= 15 is 0 Å². The van der Waals surface area contributed by atoms with E-state index in [1.54, 1.807) is 0 Å². The third-order valence-corrected chi connectivity index (χ3v) is 3.33. The summed E-state index contributed by atoms with van der Waals surface area (Å²) in [6, 6.07) is 0. The summed E-state index contributed by atoms with van der Waals surface area (Å²) >= 11 is 0. The number of hydrogen-bond donors (Lipinski definition) is 0. The lowest BCUT2D eigenvalue weighted by atomic mass is 10.1. The van der Waals surface area contributed by atoms with Crippen molar-refractivity contribution in [3.05, 3.63) is 13.8 Å². The first kappa shape index (κ1) is 18.0. The van der Waals surface area contributed by atoms with Crippen molar-refractivity contribution in [2.24, 2.45) is 0 Å². The van der Waals surface area contributed by atoms with Crippen molar-refractivity contribution in [2.75, 3.05) is 13.2 Å². The number of hydrogen-bond acceptors (Lipinski definition) is 1. The maximum atomic E-state index is 5.64. The molecule has 1 heteroatoms. The van der Waals surface area contributed by atoms with Crippen LogP contribution >= 0.6 is 0 Å². The summed E-state index contributed by atoms with van der Waals surface area (Å²) < 4.78 is 5.64. The molecule has 0 fully saturated rings. The van der Waals surface area contributed by atoms with Crippen LogP contribution in [-0.2, 0) is 4.74 Å². The van der Waals surface area contributed by atoms with Crippen LogP contribution in [0.15, 0.2) is 0 Å². The zero-order valence-corrected chi connectivity index (χ0v) is 12.4. The van der Waals surface area contributed by atoms with Crippen LogP contribution in [0.5, 0.6) is 0 Å². The monoisotopic (exact) mass is 254 g/mol. The SMILES string of the molecule is [CH2]CCCCCCCCCOCCCCCC[CH2]. The summed E-state index contributed by atoms with van der Waals surface area (Å²) in [4.78, 5) is 0. The third kappa shape index (κ3) is 16.0. The van der Waals surface area contributed by atoms with Gasteiger partial charge in [0.1, 0.15) is 0 Å². The fraction of sp³-hybridized carbons (Fsp3) is 0.882. The standard InChI is InChI=1S/C17H34O/c1-3-5-7-9-10-11-13-15-17-18-16-14-12-8-6-4-2/h1-17H2. The molecule has 0 aliphatic rings. The average Bonchev–Trinajstić information content (AvgIpc) is 2.39. The van der Waals surface area contributed by atoms with E-state index in [1.807, 2.05) is 0 Å². The third-order valence-electron chi connectivity index (χ3n) is 3.33. The van der Waals surface area contributed by atoms with Crippen LogP contribution in [0.3, 0.4) is 0 Å². The van der Waals surface area contributed by atoms with Gasteiger partial charge < -0.3 is 4.74 Å². The molecular formula is C17H34O. The molecule has 18 heavy (non-hydrogen) atoms. The van der Waals surface area contributed by atoms with Crippen LogP contribution in [0.1, 0.15) is 83.5 Å². The molecule has 0 bridgehead atoms. The van der Waals surface area contributed by atoms with E-state index in [1.165, 1.54) is 70.6 Å². The lowest BCUT2D eigenvalue weighted by Gasteiger charge is -2.04. The number of ether oxygens (including phenoxy) is 1. The molecule has 2 radical (unpaired) electrons. The molecular weight excluding hydrogens is 220 g/mol. The molecule has 0 saturated heterocycles. The lowest BCUT2D eigenvalue weighted by Crippen LogP contribution is -1.97. The van der Waals surface area contributed by atoms with E-state index in [0.717, 1.165) is 26.1 Å². The van der Waals surface area contributed by atoms with Gasteiger partial charge >= 0.3 is 0 Å².